The summed E-state index contributed by atoms with van der Waals surface area (Å²) in [7, 11) is 0. The Morgan fingerprint density at radius 3 is 2.33 bits per heavy atom. The Bertz CT molecular complexity index is 982. The molecule has 0 radical (unpaired) electrons. The lowest BCUT2D eigenvalue weighted by molar-refractivity contribution is -0.138. The summed E-state index contributed by atoms with van der Waals surface area (Å²) in [4.78, 5) is 29.2. The van der Waals surface area contributed by atoms with Crippen molar-refractivity contribution in [2.24, 2.45) is 5.41 Å². The molecule has 0 bridgehead atoms. The first-order valence-corrected chi connectivity index (χ1v) is 9.88. The Morgan fingerprint density at radius 1 is 1.17 bits per heavy atom. The zero-order valence-corrected chi connectivity index (χ0v) is 17.5. The van der Waals surface area contributed by atoms with Gasteiger partial charge in [0, 0.05) is 19.0 Å². The molecule has 1 aromatic heterocycles. The van der Waals surface area contributed by atoms with Crippen LogP contribution in [0.5, 0.6) is 11.6 Å². The number of aromatic nitrogens is 1. The fourth-order valence-electron chi connectivity index (χ4n) is 3.73. The highest BCUT2D eigenvalue weighted by Gasteiger charge is 2.41. The highest BCUT2D eigenvalue weighted by atomic mass is 35.5. The minimum absolute atomic E-state index is 0.145. The van der Waals surface area contributed by atoms with Crippen LogP contribution < -0.4 is 4.74 Å². The van der Waals surface area contributed by atoms with Crippen molar-refractivity contribution in [1.29, 1.82) is 0 Å². The second-order valence-corrected chi connectivity index (χ2v) is 8.62. The summed E-state index contributed by atoms with van der Waals surface area (Å²) >= 11 is 5.91. The number of carbonyl (C=O) groups is 2. The fraction of sp³-hybridized carbons (Fsp3) is 0.409. The highest BCUT2D eigenvalue weighted by molar-refractivity contribution is 6.31. The molecule has 160 valence electrons. The second-order valence-electron chi connectivity index (χ2n) is 8.21. The van der Waals surface area contributed by atoms with Gasteiger partial charge in [0.2, 0.25) is 5.88 Å². The highest BCUT2D eigenvalue weighted by Crippen LogP contribution is 2.41. The van der Waals surface area contributed by atoms with E-state index in [-0.39, 0.29) is 33.6 Å². The summed E-state index contributed by atoms with van der Waals surface area (Å²) in [6.45, 7) is 5.69. The van der Waals surface area contributed by atoms with E-state index >= 15 is 0 Å². The van der Waals surface area contributed by atoms with E-state index in [0.717, 1.165) is 11.6 Å². The van der Waals surface area contributed by atoms with Crippen LogP contribution in [0.25, 0.3) is 0 Å². The Morgan fingerprint density at radius 2 is 1.80 bits per heavy atom. The molecule has 2 aromatic rings. The van der Waals surface area contributed by atoms with E-state index < -0.39 is 17.7 Å². The molecular formula is C22H21ClF3NO3. The van der Waals surface area contributed by atoms with Crippen LogP contribution in [0.4, 0.5) is 13.2 Å². The Kier molecular flexibility index (Phi) is 5.96. The zero-order chi connectivity index (χ0) is 22.3. The molecule has 0 amide bonds. The fourth-order valence-corrected chi connectivity index (χ4v) is 3.94. The number of carbonyl (C=O) groups excluding carboxylic acids is 2. The quantitative estimate of drug-likeness (QED) is 0.536. The number of rotatable bonds is 4. The van der Waals surface area contributed by atoms with Gasteiger partial charge in [-0.3, -0.25) is 9.59 Å². The number of aryl methyl sites for hydroxylation is 1. The van der Waals surface area contributed by atoms with E-state index in [1.807, 2.05) is 20.8 Å². The molecular weight excluding hydrogens is 419 g/mol. The van der Waals surface area contributed by atoms with Gasteiger partial charge < -0.3 is 4.74 Å². The third-order valence-corrected chi connectivity index (χ3v) is 5.38. The monoisotopic (exact) mass is 439 g/mol. The number of hydrogen-bond acceptors (Lipinski definition) is 4. The summed E-state index contributed by atoms with van der Waals surface area (Å²) in [5, 5.41) is -0.294. The third-order valence-electron chi connectivity index (χ3n) is 5.11. The molecule has 0 atom stereocenters. The van der Waals surface area contributed by atoms with Crippen LogP contribution in [-0.2, 0) is 22.2 Å². The molecule has 1 aromatic carbocycles. The van der Waals surface area contributed by atoms with Crippen molar-refractivity contribution < 1.29 is 27.5 Å². The molecule has 4 nitrogen and oxygen atoms in total. The largest absolute Gasteiger partial charge is 0.438 e. The van der Waals surface area contributed by atoms with Gasteiger partial charge in [0.05, 0.1) is 5.56 Å². The molecule has 1 fully saturated rings. The number of benzene rings is 1. The van der Waals surface area contributed by atoms with Crippen molar-refractivity contribution in [3.63, 3.8) is 0 Å². The van der Waals surface area contributed by atoms with Gasteiger partial charge in [-0.2, -0.15) is 13.2 Å². The number of halogens is 4. The summed E-state index contributed by atoms with van der Waals surface area (Å²) in [5.41, 5.74) is 0.0367. The summed E-state index contributed by atoms with van der Waals surface area (Å²) in [5.74, 6) is -1.11. The van der Waals surface area contributed by atoms with Gasteiger partial charge in [-0.15, -0.1) is 0 Å². The molecule has 0 spiro atoms. The SMILES string of the molecule is CCc1ccc(Oc2ncc(C(F)(F)F)cc2Cl)cc1C1C(=O)CC(C)(C)CC1=O. The minimum atomic E-state index is -4.57. The molecule has 0 unspecified atom stereocenters. The molecule has 1 aliphatic rings. The number of ketones is 2. The van der Waals surface area contributed by atoms with Crippen molar-refractivity contribution in [2.75, 3.05) is 0 Å². The number of hydrogen-bond donors (Lipinski definition) is 0. The van der Waals surface area contributed by atoms with Crippen LogP contribution >= 0.6 is 11.6 Å². The van der Waals surface area contributed by atoms with Crippen LogP contribution in [-0.4, -0.2) is 16.6 Å². The van der Waals surface area contributed by atoms with Crippen LogP contribution in [0.3, 0.4) is 0 Å². The van der Waals surface area contributed by atoms with E-state index in [9.17, 15) is 22.8 Å². The van der Waals surface area contributed by atoms with Crippen molar-refractivity contribution in [1.82, 2.24) is 4.98 Å². The lowest BCUT2D eigenvalue weighted by atomic mass is 9.69. The first-order valence-electron chi connectivity index (χ1n) is 9.50. The Hall–Kier alpha value is -2.41. The van der Waals surface area contributed by atoms with Crippen molar-refractivity contribution in [3.05, 3.63) is 52.2 Å². The van der Waals surface area contributed by atoms with Crippen molar-refractivity contribution in [3.8, 4) is 11.6 Å². The van der Waals surface area contributed by atoms with E-state index in [4.69, 9.17) is 16.3 Å². The first kappa shape index (κ1) is 22.3. The van der Waals surface area contributed by atoms with Gasteiger partial charge in [0.15, 0.2) is 0 Å². The lowest BCUT2D eigenvalue weighted by Crippen LogP contribution is -2.36. The van der Waals surface area contributed by atoms with Crippen LogP contribution in [0.1, 0.15) is 56.2 Å². The maximum atomic E-state index is 12.8. The van der Waals surface area contributed by atoms with Gasteiger partial charge >= 0.3 is 6.18 Å². The molecule has 8 heteroatoms. The second kappa shape index (κ2) is 8.02. The van der Waals surface area contributed by atoms with Crippen LogP contribution in [0.2, 0.25) is 5.02 Å². The lowest BCUT2D eigenvalue weighted by Gasteiger charge is -2.33. The number of Topliss-reactive ketones (excluding diaryl/α,β-unsaturated/α-hetero) is 2. The first-order chi connectivity index (χ1) is 13.9. The van der Waals surface area contributed by atoms with Gasteiger partial charge in [0.25, 0.3) is 0 Å². The molecule has 3 rings (SSSR count). The smallest absolute Gasteiger partial charge is 0.417 e. The molecule has 1 heterocycles. The van der Waals surface area contributed by atoms with Crippen LogP contribution in [0.15, 0.2) is 30.5 Å². The summed E-state index contributed by atoms with van der Waals surface area (Å²) in [6.07, 6.45) is -2.73. The van der Waals surface area contributed by atoms with E-state index in [1.165, 1.54) is 0 Å². The average molecular weight is 440 g/mol. The maximum Gasteiger partial charge on any atom is 0.417 e. The standard InChI is InChI=1S/C22H21ClF3NO3/c1-4-12-5-6-14(30-20-16(23)7-13(11-27-20)22(24,25)26)8-15(12)19-17(28)9-21(2,3)10-18(19)29/h5-8,11,19H,4,9-10H2,1-3H3. The predicted octanol–water partition coefficient (Wildman–Crippen LogP) is 6.15. The van der Waals surface area contributed by atoms with Crippen molar-refractivity contribution in [2.45, 2.75) is 52.1 Å². The molecule has 0 saturated heterocycles. The normalized spacial score (nSPS) is 17.3. The van der Waals surface area contributed by atoms with Gasteiger partial charge in [-0.05, 0) is 41.2 Å². The van der Waals surface area contributed by atoms with E-state index in [0.29, 0.717) is 31.0 Å². The summed E-state index contributed by atoms with van der Waals surface area (Å²) < 4.78 is 44.0. The number of nitrogens with zero attached hydrogens (tertiary/aromatic N) is 1. The average Bonchev–Trinajstić information content (AvgIpc) is 2.61. The third kappa shape index (κ3) is 4.67. The molecule has 30 heavy (non-hydrogen) atoms. The molecule has 1 saturated carbocycles. The maximum absolute atomic E-state index is 12.8. The Labute approximate surface area is 177 Å². The predicted molar refractivity (Wildman–Crippen MR) is 106 cm³/mol. The van der Waals surface area contributed by atoms with Crippen molar-refractivity contribution >= 4 is 23.2 Å². The number of alkyl halides is 3. The summed E-state index contributed by atoms with van der Waals surface area (Å²) in [6, 6.07) is 5.66. The van der Waals surface area contributed by atoms with Gasteiger partial charge in [-0.1, -0.05) is 38.4 Å². The van der Waals surface area contributed by atoms with Gasteiger partial charge in [-0.25, -0.2) is 4.98 Å². The van der Waals surface area contributed by atoms with Gasteiger partial charge in [0.1, 0.15) is 28.3 Å². The van der Waals surface area contributed by atoms with Crippen LogP contribution in [0, 0.1) is 5.41 Å². The topological polar surface area (TPSA) is 56.3 Å². The molecule has 0 N–H and O–H groups in total. The molecule has 1 aliphatic carbocycles. The zero-order valence-electron chi connectivity index (χ0n) is 16.8. The number of pyridine rings is 1. The minimum Gasteiger partial charge on any atom is -0.438 e. The molecule has 0 aliphatic heterocycles. The number of ether oxygens (including phenoxy) is 1. The van der Waals surface area contributed by atoms with E-state index in [1.54, 1.807) is 18.2 Å². The Balaban J connectivity index is 1.94. The van der Waals surface area contributed by atoms with E-state index in [2.05, 4.69) is 4.98 Å².